The quantitative estimate of drug-likeness (QED) is 0.852. The normalized spacial score (nSPS) is 18.2. The average Bonchev–Trinajstić information content (AvgIpc) is 2.90. The van der Waals surface area contributed by atoms with Crippen molar-refractivity contribution in [1.82, 2.24) is 9.88 Å². The van der Waals surface area contributed by atoms with Crippen LogP contribution in [0.25, 0.3) is 10.9 Å². The molecule has 3 rings (SSSR count). The molecule has 0 saturated heterocycles. The predicted octanol–water partition coefficient (Wildman–Crippen LogP) is 2.77. The smallest absolute Gasteiger partial charge is 0.339 e. The highest BCUT2D eigenvalue weighted by Gasteiger charge is 2.21. The Hall–Kier alpha value is -2.49. The summed E-state index contributed by atoms with van der Waals surface area (Å²) >= 11 is 0. The van der Waals surface area contributed by atoms with E-state index in [0.29, 0.717) is 5.57 Å². The van der Waals surface area contributed by atoms with Crippen molar-refractivity contribution in [3.8, 4) is 0 Å². The fourth-order valence-electron chi connectivity index (χ4n) is 2.57. The minimum Gasteiger partial charge on any atom is -0.465 e. The Bertz CT molecular complexity index is 712. The van der Waals surface area contributed by atoms with Crippen molar-refractivity contribution in [1.29, 1.82) is 0 Å². The Labute approximate surface area is 117 Å². The van der Waals surface area contributed by atoms with Gasteiger partial charge in [-0.25, -0.2) is 4.79 Å². The van der Waals surface area contributed by atoms with Gasteiger partial charge in [0.15, 0.2) is 0 Å². The number of esters is 1. The minimum absolute atomic E-state index is 0.111. The van der Waals surface area contributed by atoms with Crippen molar-refractivity contribution in [2.75, 3.05) is 14.2 Å². The van der Waals surface area contributed by atoms with Gasteiger partial charge in [-0.2, -0.15) is 0 Å². The summed E-state index contributed by atoms with van der Waals surface area (Å²) in [4.78, 5) is 16.8. The van der Waals surface area contributed by atoms with Gasteiger partial charge in [-0.05, 0) is 12.1 Å². The number of nitrogens with zero attached hydrogens (tertiary/aromatic N) is 1. The first-order valence-electron chi connectivity index (χ1n) is 6.47. The lowest BCUT2D eigenvalue weighted by atomic mass is 10.0. The number of hydrogen-bond donors (Lipinski definition) is 1. The molecule has 1 atom stereocenters. The number of para-hydroxylation sites is 1. The van der Waals surface area contributed by atoms with E-state index in [-0.39, 0.29) is 12.0 Å². The van der Waals surface area contributed by atoms with Crippen LogP contribution in [0.1, 0.15) is 11.6 Å². The van der Waals surface area contributed by atoms with Gasteiger partial charge in [0.2, 0.25) is 0 Å². The first kappa shape index (κ1) is 12.5. The van der Waals surface area contributed by atoms with E-state index in [9.17, 15) is 4.79 Å². The zero-order chi connectivity index (χ0) is 14.1. The molecular weight excluding hydrogens is 252 g/mol. The van der Waals surface area contributed by atoms with Crippen LogP contribution in [0.4, 0.5) is 0 Å². The van der Waals surface area contributed by atoms with Crippen LogP contribution in [0.5, 0.6) is 0 Å². The zero-order valence-corrected chi connectivity index (χ0v) is 11.5. The molecule has 0 amide bonds. The van der Waals surface area contributed by atoms with E-state index in [0.717, 1.165) is 5.52 Å². The summed E-state index contributed by atoms with van der Waals surface area (Å²) in [5.41, 5.74) is 2.87. The molecule has 0 radical (unpaired) electrons. The van der Waals surface area contributed by atoms with Crippen molar-refractivity contribution in [2.45, 2.75) is 6.04 Å². The second-order valence-electron chi connectivity index (χ2n) is 4.84. The molecule has 102 valence electrons. The molecular formula is C16H16N2O2. The summed E-state index contributed by atoms with van der Waals surface area (Å²) < 4.78 is 4.74. The van der Waals surface area contributed by atoms with Gasteiger partial charge >= 0.3 is 5.97 Å². The van der Waals surface area contributed by atoms with Gasteiger partial charge < -0.3 is 14.6 Å². The van der Waals surface area contributed by atoms with Gasteiger partial charge in [-0.1, -0.05) is 24.3 Å². The van der Waals surface area contributed by atoms with Crippen LogP contribution < -0.4 is 0 Å². The molecule has 1 N–H and O–H groups in total. The third-order valence-electron chi connectivity index (χ3n) is 3.60. The third-order valence-corrected chi connectivity index (χ3v) is 3.60. The van der Waals surface area contributed by atoms with E-state index in [1.165, 1.54) is 18.1 Å². The molecule has 0 fully saturated rings. The Kier molecular flexibility index (Phi) is 3.06. The Morgan fingerprint density at radius 1 is 1.35 bits per heavy atom. The molecule has 1 aromatic carbocycles. The van der Waals surface area contributed by atoms with Crippen LogP contribution in [0.15, 0.2) is 54.4 Å². The minimum atomic E-state index is -0.314. The zero-order valence-electron chi connectivity index (χ0n) is 11.5. The fourth-order valence-corrected chi connectivity index (χ4v) is 2.57. The molecule has 1 aliphatic heterocycles. The molecule has 4 heteroatoms. The molecule has 20 heavy (non-hydrogen) atoms. The lowest BCUT2D eigenvalue weighted by Gasteiger charge is -2.27. The monoisotopic (exact) mass is 268 g/mol. The molecule has 1 aromatic heterocycles. The molecule has 0 bridgehead atoms. The fraction of sp³-hybridized carbons (Fsp3) is 0.188. The van der Waals surface area contributed by atoms with Crippen LogP contribution in [0.2, 0.25) is 0 Å². The van der Waals surface area contributed by atoms with E-state index >= 15 is 0 Å². The summed E-state index contributed by atoms with van der Waals surface area (Å²) in [5, 5.41) is 1.20. The summed E-state index contributed by atoms with van der Waals surface area (Å²) in [6.45, 7) is 0. The molecule has 1 aliphatic rings. The molecule has 0 spiro atoms. The maximum Gasteiger partial charge on any atom is 0.339 e. The number of ether oxygens (including phenoxy) is 1. The average molecular weight is 268 g/mol. The van der Waals surface area contributed by atoms with Crippen molar-refractivity contribution < 1.29 is 9.53 Å². The number of fused-ring (bicyclic) bond motifs is 1. The lowest BCUT2D eigenvalue weighted by Crippen LogP contribution is -2.22. The number of aromatic amines is 1. The number of rotatable bonds is 2. The van der Waals surface area contributed by atoms with E-state index in [2.05, 4.69) is 17.1 Å². The van der Waals surface area contributed by atoms with Crippen molar-refractivity contribution in [2.24, 2.45) is 0 Å². The summed E-state index contributed by atoms with van der Waals surface area (Å²) in [5.74, 6) is -0.314. The van der Waals surface area contributed by atoms with E-state index < -0.39 is 0 Å². The van der Waals surface area contributed by atoms with Gasteiger partial charge in [0.1, 0.15) is 0 Å². The Balaban J connectivity index is 1.96. The van der Waals surface area contributed by atoms with Gasteiger partial charge in [-0.3, -0.25) is 0 Å². The molecule has 2 aromatic rings. The highest BCUT2D eigenvalue weighted by molar-refractivity contribution is 5.92. The van der Waals surface area contributed by atoms with Crippen LogP contribution in [0, 0.1) is 0 Å². The molecule has 0 saturated carbocycles. The number of benzene rings is 1. The number of methoxy groups -OCH3 is 1. The van der Waals surface area contributed by atoms with Gasteiger partial charge in [0.05, 0.1) is 18.7 Å². The number of nitrogens with one attached hydrogen (secondary N) is 1. The van der Waals surface area contributed by atoms with Crippen LogP contribution in [-0.2, 0) is 9.53 Å². The maximum absolute atomic E-state index is 11.5. The van der Waals surface area contributed by atoms with Crippen molar-refractivity contribution in [3.05, 3.63) is 60.0 Å². The van der Waals surface area contributed by atoms with Gasteiger partial charge in [0.25, 0.3) is 0 Å². The second kappa shape index (κ2) is 4.89. The number of likely N-dealkylation sites (N-methyl/N-ethyl adjacent to an activating group) is 1. The summed E-state index contributed by atoms with van der Waals surface area (Å²) in [6, 6.07) is 8.31. The SMILES string of the molecule is COC(=O)C1=CN(C)C(c2c[nH]c3ccccc23)C=C1. The molecule has 0 aliphatic carbocycles. The summed E-state index contributed by atoms with van der Waals surface area (Å²) in [7, 11) is 3.35. The number of H-pyrrole nitrogens is 1. The Morgan fingerprint density at radius 2 is 2.15 bits per heavy atom. The van der Waals surface area contributed by atoms with Gasteiger partial charge in [-0.15, -0.1) is 0 Å². The molecule has 1 unspecified atom stereocenters. The molecule has 2 heterocycles. The van der Waals surface area contributed by atoms with Crippen LogP contribution in [-0.4, -0.2) is 30.0 Å². The number of aromatic nitrogens is 1. The van der Waals surface area contributed by atoms with Crippen molar-refractivity contribution >= 4 is 16.9 Å². The van der Waals surface area contributed by atoms with Crippen LogP contribution >= 0.6 is 0 Å². The number of carbonyl (C=O) groups excluding carboxylic acids is 1. The first-order valence-corrected chi connectivity index (χ1v) is 6.47. The molecule has 4 nitrogen and oxygen atoms in total. The summed E-state index contributed by atoms with van der Waals surface area (Å²) in [6.07, 6.45) is 7.67. The second-order valence-corrected chi connectivity index (χ2v) is 4.84. The van der Waals surface area contributed by atoms with Crippen LogP contribution in [0.3, 0.4) is 0 Å². The lowest BCUT2D eigenvalue weighted by molar-refractivity contribution is -0.135. The highest BCUT2D eigenvalue weighted by Crippen LogP contribution is 2.31. The standard InChI is InChI=1S/C16H16N2O2/c1-18-10-11(16(19)20-2)7-8-15(18)13-9-17-14-6-4-3-5-12(13)14/h3-10,15,17H,1-2H3. The van der Waals surface area contributed by atoms with Crippen molar-refractivity contribution in [3.63, 3.8) is 0 Å². The first-order chi connectivity index (χ1) is 9.70. The van der Waals surface area contributed by atoms with Gasteiger partial charge in [0, 0.05) is 35.9 Å². The topological polar surface area (TPSA) is 45.3 Å². The number of carbonyl (C=O) groups is 1. The van der Waals surface area contributed by atoms with E-state index in [1.54, 1.807) is 0 Å². The van der Waals surface area contributed by atoms with E-state index in [1.807, 2.05) is 48.6 Å². The van der Waals surface area contributed by atoms with E-state index in [4.69, 9.17) is 4.74 Å². The largest absolute Gasteiger partial charge is 0.465 e. The third kappa shape index (κ3) is 1.99. The Morgan fingerprint density at radius 3 is 2.90 bits per heavy atom. The predicted molar refractivity (Wildman–Crippen MR) is 78.0 cm³/mol. The highest BCUT2D eigenvalue weighted by atomic mass is 16.5. The number of hydrogen-bond acceptors (Lipinski definition) is 3. The maximum atomic E-state index is 11.5.